The minimum absolute atomic E-state index is 0. The maximum atomic E-state index is 13.0. The Bertz CT molecular complexity index is 798. The minimum atomic E-state index is -0.441. The van der Waals surface area contributed by atoms with Crippen LogP contribution in [0.1, 0.15) is 23.2 Å². The third-order valence-electron chi connectivity index (χ3n) is 4.81. The molecule has 146 valence electrons. The highest BCUT2D eigenvalue weighted by molar-refractivity contribution is 5.99. The van der Waals surface area contributed by atoms with Gasteiger partial charge in [-0.25, -0.2) is 0 Å². The van der Waals surface area contributed by atoms with Crippen molar-refractivity contribution in [2.45, 2.75) is 12.8 Å². The van der Waals surface area contributed by atoms with E-state index in [9.17, 15) is 14.9 Å². The molecule has 0 saturated carbocycles. The molecule has 1 amide bonds. The van der Waals surface area contributed by atoms with E-state index in [0.717, 1.165) is 32.5 Å². The molecule has 0 spiro atoms. The number of nitro benzene ring substituents is 1. The van der Waals surface area contributed by atoms with Crippen molar-refractivity contribution >= 4 is 24.0 Å². The van der Waals surface area contributed by atoms with Crippen LogP contribution in [-0.4, -0.2) is 52.2 Å². The first kappa shape index (κ1) is 20.9. The normalized spacial score (nSPS) is 14.7. The van der Waals surface area contributed by atoms with Gasteiger partial charge in [-0.15, -0.1) is 12.4 Å². The fraction of sp³-hybridized carbons (Fsp3) is 0.444. The SMILES string of the molecule is CNCC1CCN(C(=O)c2cn(C)nc2-c2ccc([N+](=O)[O-])cc2)CC1.Cl. The van der Waals surface area contributed by atoms with Crippen molar-refractivity contribution in [2.75, 3.05) is 26.7 Å². The monoisotopic (exact) mass is 393 g/mol. The molecule has 1 aromatic heterocycles. The van der Waals surface area contributed by atoms with Gasteiger partial charge in [-0.2, -0.15) is 5.10 Å². The lowest BCUT2D eigenvalue weighted by Gasteiger charge is -2.31. The molecule has 1 aliphatic heterocycles. The van der Waals surface area contributed by atoms with E-state index in [0.29, 0.717) is 22.7 Å². The van der Waals surface area contributed by atoms with Gasteiger partial charge >= 0.3 is 0 Å². The molecule has 2 heterocycles. The van der Waals surface area contributed by atoms with Crippen LogP contribution in [0.25, 0.3) is 11.3 Å². The molecule has 1 aromatic carbocycles. The smallest absolute Gasteiger partial charge is 0.269 e. The number of nitro groups is 1. The van der Waals surface area contributed by atoms with Crippen LogP contribution in [0.4, 0.5) is 5.69 Å². The number of carbonyl (C=O) groups excluding carboxylic acids is 1. The van der Waals surface area contributed by atoms with Gasteiger partial charge in [0.1, 0.15) is 5.69 Å². The average molecular weight is 394 g/mol. The summed E-state index contributed by atoms with van der Waals surface area (Å²) in [5.74, 6) is 0.571. The highest BCUT2D eigenvalue weighted by atomic mass is 35.5. The highest BCUT2D eigenvalue weighted by Crippen LogP contribution is 2.27. The maximum Gasteiger partial charge on any atom is 0.269 e. The van der Waals surface area contributed by atoms with E-state index in [-0.39, 0.29) is 24.0 Å². The Balaban J connectivity index is 0.00000261. The average Bonchev–Trinajstić information content (AvgIpc) is 3.04. The van der Waals surface area contributed by atoms with Gasteiger partial charge in [-0.05, 0) is 44.5 Å². The zero-order valence-electron chi connectivity index (χ0n) is 15.4. The first-order valence-electron chi connectivity index (χ1n) is 8.72. The summed E-state index contributed by atoms with van der Waals surface area (Å²) in [5, 5.41) is 18.4. The Morgan fingerprint density at radius 2 is 1.93 bits per heavy atom. The molecule has 3 rings (SSSR count). The van der Waals surface area contributed by atoms with E-state index < -0.39 is 4.92 Å². The van der Waals surface area contributed by atoms with Crippen LogP contribution in [0.2, 0.25) is 0 Å². The molecule has 0 radical (unpaired) electrons. The van der Waals surface area contributed by atoms with E-state index >= 15 is 0 Å². The summed E-state index contributed by atoms with van der Waals surface area (Å²) in [4.78, 5) is 25.3. The summed E-state index contributed by atoms with van der Waals surface area (Å²) >= 11 is 0. The summed E-state index contributed by atoms with van der Waals surface area (Å²) in [6.45, 7) is 2.45. The third-order valence-corrected chi connectivity index (χ3v) is 4.81. The number of hydrogen-bond donors (Lipinski definition) is 1. The molecule has 0 aliphatic carbocycles. The molecule has 9 heteroatoms. The summed E-state index contributed by atoms with van der Waals surface area (Å²) in [6.07, 6.45) is 3.69. The molecule has 0 bridgehead atoms. The van der Waals surface area contributed by atoms with Crippen molar-refractivity contribution in [3.05, 3.63) is 46.1 Å². The Kier molecular flexibility index (Phi) is 6.92. The van der Waals surface area contributed by atoms with E-state index in [4.69, 9.17) is 0 Å². The third kappa shape index (κ3) is 4.64. The largest absolute Gasteiger partial charge is 0.339 e. The molecule has 1 saturated heterocycles. The second-order valence-electron chi connectivity index (χ2n) is 6.66. The quantitative estimate of drug-likeness (QED) is 0.622. The van der Waals surface area contributed by atoms with Crippen LogP contribution in [-0.2, 0) is 7.05 Å². The number of benzene rings is 1. The van der Waals surface area contributed by atoms with Crippen LogP contribution in [0.15, 0.2) is 30.5 Å². The molecule has 1 aliphatic rings. The van der Waals surface area contributed by atoms with Crippen molar-refractivity contribution < 1.29 is 9.72 Å². The number of hydrogen-bond acceptors (Lipinski definition) is 5. The predicted molar refractivity (Wildman–Crippen MR) is 105 cm³/mol. The second-order valence-corrected chi connectivity index (χ2v) is 6.66. The zero-order chi connectivity index (χ0) is 18.7. The number of amides is 1. The number of likely N-dealkylation sites (tertiary alicyclic amines) is 1. The summed E-state index contributed by atoms with van der Waals surface area (Å²) in [5.41, 5.74) is 1.81. The Hall–Kier alpha value is -2.45. The highest BCUT2D eigenvalue weighted by Gasteiger charge is 2.26. The van der Waals surface area contributed by atoms with Crippen LogP contribution in [0, 0.1) is 16.0 Å². The lowest BCUT2D eigenvalue weighted by atomic mass is 9.96. The van der Waals surface area contributed by atoms with Crippen molar-refractivity contribution in [3.8, 4) is 11.3 Å². The van der Waals surface area contributed by atoms with Gasteiger partial charge in [0.05, 0.1) is 10.5 Å². The first-order chi connectivity index (χ1) is 12.5. The number of nitrogens with one attached hydrogen (secondary N) is 1. The van der Waals surface area contributed by atoms with Gasteiger partial charge in [0.15, 0.2) is 0 Å². The number of piperidine rings is 1. The zero-order valence-corrected chi connectivity index (χ0v) is 16.2. The molecular formula is C18H24ClN5O3. The van der Waals surface area contributed by atoms with Crippen LogP contribution in [0.3, 0.4) is 0 Å². The van der Waals surface area contributed by atoms with Crippen molar-refractivity contribution in [1.82, 2.24) is 20.0 Å². The number of nitrogens with zero attached hydrogens (tertiary/aromatic N) is 4. The molecule has 27 heavy (non-hydrogen) atoms. The van der Waals surface area contributed by atoms with Crippen LogP contribution in [0.5, 0.6) is 0 Å². The Morgan fingerprint density at radius 3 is 2.48 bits per heavy atom. The van der Waals surface area contributed by atoms with E-state index in [1.807, 2.05) is 11.9 Å². The number of halogens is 1. The van der Waals surface area contributed by atoms with E-state index in [1.165, 1.54) is 12.1 Å². The van der Waals surface area contributed by atoms with Gasteiger partial charge in [-0.1, -0.05) is 0 Å². The maximum absolute atomic E-state index is 13.0. The standard InChI is InChI=1S/C18H23N5O3.ClH/c1-19-11-13-7-9-22(10-8-13)18(24)16-12-21(2)20-17(16)14-3-5-15(6-4-14)23(25)26;/h3-6,12-13,19H,7-11H2,1-2H3;1H. The number of rotatable bonds is 5. The molecule has 1 N–H and O–H groups in total. The van der Waals surface area contributed by atoms with Crippen molar-refractivity contribution in [1.29, 1.82) is 0 Å². The lowest BCUT2D eigenvalue weighted by Crippen LogP contribution is -2.40. The Morgan fingerprint density at radius 1 is 1.30 bits per heavy atom. The van der Waals surface area contributed by atoms with Gasteiger partial charge in [0.25, 0.3) is 11.6 Å². The number of carbonyl (C=O) groups is 1. The Labute approximate surface area is 164 Å². The summed E-state index contributed by atoms with van der Waals surface area (Å²) in [7, 11) is 3.72. The molecular weight excluding hydrogens is 370 g/mol. The van der Waals surface area contributed by atoms with Gasteiger partial charge in [0, 0.05) is 44.0 Å². The minimum Gasteiger partial charge on any atom is -0.339 e. The van der Waals surface area contributed by atoms with Gasteiger partial charge in [-0.3, -0.25) is 19.6 Å². The van der Waals surface area contributed by atoms with Crippen LogP contribution < -0.4 is 5.32 Å². The molecule has 2 aromatic rings. The second kappa shape index (κ2) is 8.96. The number of aryl methyl sites for hydroxylation is 1. The molecule has 0 unspecified atom stereocenters. The molecule has 1 fully saturated rings. The first-order valence-corrected chi connectivity index (χ1v) is 8.72. The van der Waals surface area contributed by atoms with E-state index in [1.54, 1.807) is 30.1 Å². The summed E-state index contributed by atoms with van der Waals surface area (Å²) in [6, 6.07) is 6.13. The fourth-order valence-electron chi connectivity index (χ4n) is 3.40. The van der Waals surface area contributed by atoms with Gasteiger partial charge in [0.2, 0.25) is 0 Å². The van der Waals surface area contributed by atoms with E-state index in [2.05, 4.69) is 10.4 Å². The molecule has 8 nitrogen and oxygen atoms in total. The van der Waals surface area contributed by atoms with Crippen LogP contribution >= 0.6 is 12.4 Å². The fourth-order valence-corrected chi connectivity index (χ4v) is 3.40. The van der Waals surface area contributed by atoms with Crippen molar-refractivity contribution in [3.63, 3.8) is 0 Å². The van der Waals surface area contributed by atoms with Crippen molar-refractivity contribution in [2.24, 2.45) is 13.0 Å². The lowest BCUT2D eigenvalue weighted by molar-refractivity contribution is -0.384. The number of non-ortho nitro benzene ring substituents is 1. The summed E-state index contributed by atoms with van der Waals surface area (Å²) < 4.78 is 1.61. The topological polar surface area (TPSA) is 93.3 Å². The predicted octanol–water partition coefficient (Wildman–Crippen LogP) is 2.49. The van der Waals surface area contributed by atoms with Gasteiger partial charge < -0.3 is 10.2 Å². The number of aromatic nitrogens is 2. The molecule has 0 atom stereocenters.